The summed E-state index contributed by atoms with van der Waals surface area (Å²) in [6.45, 7) is 2.72. The third-order valence-electron chi connectivity index (χ3n) is 2.64. The second kappa shape index (κ2) is 7.81. The molecule has 1 amide bonds. The topological polar surface area (TPSA) is 81.1 Å². The summed E-state index contributed by atoms with van der Waals surface area (Å²) in [4.78, 5) is 10.9. The molecule has 0 fully saturated rings. The van der Waals surface area contributed by atoms with E-state index in [0.29, 0.717) is 5.56 Å². The summed E-state index contributed by atoms with van der Waals surface area (Å²) in [6.07, 6.45) is 3.15. The molecule has 0 spiro atoms. The molecular formula is C13H21N3O. The van der Waals surface area contributed by atoms with Crippen LogP contribution < -0.4 is 16.8 Å². The van der Waals surface area contributed by atoms with Gasteiger partial charge in [0.05, 0.1) is 0 Å². The fourth-order valence-corrected chi connectivity index (χ4v) is 1.59. The summed E-state index contributed by atoms with van der Waals surface area (Å²) in [5, 5.41) is 3.36. The molecule has 17 heavy (non-hydrogen) atoms. The van der Waals surface area contributed by atoms with Crippen LogP contribution in [0, 0.1) is 0 Å². The first-order valence-electron chi connectivity index (χ1n) is 6.03. The Morgan fingerprint density at radius 2 is 1.82 bits per heavy atom. The van der Waals surface area contributed by atoms with Crippen LogP contribution in [0.25, 0.3) is 0 Å². The van der Waals surface area contributed by atoms with Crippen LogP contribution in [0.2, 0.25) is 0 Å². The third-order valence-corrected chi connectivity index (χ3v) is 2.64. The van der Waals surface area contributed by atoms with E-state index < -0.39 is 0 Å². The van der Waals surface area contributed by atoms with Crippen LogP contribution in [-0.2, 0) is 6.42 Å². The van der Waals surface area contributed by atoms with Crippen LogP contribution in [0.5, 0.6) is 0 Å². The van der Waals surface area contributed by atoms with Gasteiger partial charge in [-0.2, -0.15) is 0 Å². The van der Waals surface area contributed by atoms with Gasteiger partial charge in [-0.1, -0.05) is 12.1 Å². The molecule has 0 radical (unpaired) electrons. The van der Waals surface area contributed by atoms with E-state index in [1.165, 1.54) is 5.56 Å². The SMILES string of the molecule is NCCCCNCCc1ccc(C(N)=O)cc1. The first kappa shape index (κ1) is 13.7. The van der Waals surface area contributed by atoms with E-state index in [1.807, 2.05) is 12.1 Å². The number of hydrogen-bond acceptors (Lipinski definition) is 3. The Labute approximate surface area is 102 Å². The molecule has 0 aliphatic carbocycles. The lowest BCUT2D eigenvalue weighted by atomic mass is 10.1. The molecule has 0 unspecified atom stereocenters. The Balaban J connectivity index is 2.21. The number of carbonyl (C=O) groups is 1. The van der Waals surface area contributed by atoms with E-state index in [4.69, 9.17) is 11.5 Å². The Morgan fingerprint density at radius 1 is 1.12 bits per heavy atom. The highest BCUT2D eigenvalue weighted by molar-refractivity contribution is 5.92. The zero-order valence-corrected chi connectivity index (χ0v) is 10.1. The lowest BCUT2D eigenvalue weighted by Crippen LogP contribution is -2.19. The van der Waals surface area contributed by atoms with Gasteiger partial charge in [-0.15, -0.1) is 0 Å². The minimum atomic E-state index is -0.378. The standard InChI is InChI=1S/C13H21N3O/c14-8-1-2-9-16-10-7-11-3-5-12(6-4-11)13(15)17/h3-6,16H,1-2,7-10,14H2,(H2,15,17). The van der Waals surface area contributed by atoms with E-state index in [1.54, 1.807) is 12.1 Å². The van der Waals surface area contributed by atoms with Crippen molar-refractivity contribution in [3.05, 3.63) is 35.4 Å². The van der Waals surface area contributed by atoms with Crippen molar-refractivity contribution >= 4 is 5.91 Å². The van der Waals surface area contributed by atoms with Crippen molar-refractivity contribution in [1.29, 1.82) is 0 Å². The van der Waals surface area contributed by atoms with Crippen molar-refractivity contribution in [3.8, 4) is 0 Å². The first-order chi connectivity index (χ1) is 8.24. The Hall–Kier alpha value is -1.39. The molecule has 0 aromatic heterocycles. The summed E-state index contributed by atoms with van der Waals surface area (Å²) in [5.74, 6) is -0.378. The number of benzene rings is 1. The van der Waals surface area contributed by atoms with Crippen molar-refractivity contribution in [2.24, 2.45) is 11.5 Å². The van der Waals surface area contributed by atoms with Gasteiger partial charge in [-0.25, -0.2) is 0 Å². The average Bonchev–Trinajstić information content (AvgIpc) is 2.34. The maximum absolute atomic E-state index is 10.9. The summed E-state index contributed by atoms with van der Waals surface area (Å²) in [7, 11) is 0. The summed E-state index contributed by atoms with van der Waals surface area (Å²) in [6, 6.07) is 7.43. The zero-order chi connectivity index (χ0) is 12.5. The number of primary amides is 1. The van der Waals surface area contributed by atoms with Crippen LogP contribution in [0.15, 0.2) is 24.3 Å². The third kappa shape index (κ3) is 5.47. The van der Waals surface area contributed by atoms with Gasteiger partial charge in [-0.05, 0) is 56.6 Å². The second-order valence-corrected chi connectivity index (χ2v) is 4.06. The van der Waals surface area contributed by atoms with Crippen molar-refractivity contribution in [1.82, 2.24) is 5.32 Å². The normalized spacial score (nSPS) is 10.4. The highest BCUT2D eigenvalue weighted by Crippen LogP contribution is 2.04. The van der Waals surface area contributed by atoms with E-state index >= 15 is 0 Å². The largest absolute Gasteiger partial charge is 0.366 e. The number of rotatable bonds is 8. The molecule has 1 aromatic rings. The molecule has 0 aliphatic rings. The van der Waals surface area contributed by atoms with Crippen molar-refractivity contribution in [2.45, 2.75) is 19.3 Å². The molecule has 1 aromatic carbocycles. The molecule has 0 heterocycles. The van der Waals surface area contributed by atoms with Crippen molar-refractivity contribution in [3.63, 3.8) is 0 Å². The van der Waals surface area contributed by atoms with Crippen LogP contribution in [0.4, 0.5) is 0 Å². The fourth-order valence-electron chi connectivity index (χ4n) is 1.59. The van der Waals surface area contributed by atoms with Gasteiger partial charge in [0.15, 0.2) is 0 Å². The monoisotopic (exact) mass is 235 g/mol. The van der Waals surface area contributed by atoms with E-state index in [9.17, 15) is 4.79 Å². The molecule has 0 saturated carbocycles. The number of unbranched alkanes of at least 4 members (excludes halogenated alkanes) is 1. The zero-order valence-electron chi connectivity index (χ0n) is 10.1. The highest BCUT2D eigenvalue weighted by atomic mass is 16.1. The molecule has 1 rings (SSSR count). The lowest BCUT2D eigenvalue weighted by Gasteiger charge is -2.05. The van der Waals surface area contributed by atoms with Crippen LogP contribution in [0.3, 0.4) is 0 Å². The van der Waals surface area contributed by atoms with Crippen LogP contribution in [-0.4, -0.2) is 25.5 Å². The van der Waals surface area contributed by atoms with Gasteiger partial charge < -0.3 is 16.8 Å². The van der Waals surface area contributed by atoms with E-state index in [2.05, 4.69) is 5.32 Å². The Kier molecular flexibility index (Phi) is 6.29. The van der Waals surface area contributed by atoms with E-state index in [-0.39, 0.29) is 5.91 Å². The average molecular weight is 235 g/mol. The van der Waals surface area contributed by atoms with Gasteiger partial charge >= 0.3 is 0 Å². The second-order valence-electron chi connectivity index (χ2n) is 4.06. The summed E-state index contributed by atoms with van der Waals surface area (Å²) >= 11 is 0. The van der Waals surface area contributed by atoms with Crippen LogP contribution >= 0.6 is 0 Å². The molecule has 94 valence electrons. The Morgan fingerprint density at radius 3 is 2.41 bits per heavy atom. The number of hydrogen-bond donors (Lipinski definition) is 3. The lowest BCUT2D eigenvalue weighted by molar-refractivity contribution is 0.100. The van der Waals surface area contributed by atoms with Gasteiger partial charge in [0.2, 0.25) is 5.91 Å². The smallest absolute Gasteiger partial charge is 0.248 e. The fraction of sp³-hybridized carbons (Fsp3) is 0.462. The van der Waals surface area contributed by atoms with Gasteiger partial charge in [-0.3, -0.25) is 4.79 Å². The predicted molar refractivity (Wildman–Crippen MR) is 69.8 cm³/mol. The number of amides is 1. The minimum Gasteiger partial charge on any atom is -0.366 e. The summed E-state index contributed by atoms with van der Waals surface area (Å²) in [5.41, 5.74) is 12.3. The molecule has 0 aliphatic heterocycles. The molecule has 4 heteroatoms. The number of nitrogens with one attached hydrogen (secondary N) is 1. The van der Waals surface area contributed by atoms with Gasteiger partial charge in [0, 0.05) is 5.56 Å². The van der Waals surface area contributed by atoms with E-state index in [0.717, 1.165) is 38.9 Å². The summed E-state index contributed by atoms with van der Waals surface area (Å²) < 4.78 is 0. The molecule has 0 bridgehead atoms. The molecule has 0 saturated heterocycles. The number of nitrogens with two attached hydrogens (primary N) is 2. The molecular weight excluding hydrogens is 214 g/mol. The highest BCUT2D eigenvalue weighted by Gasteiger charge is 1.99. The predicted octanol–water partition coefficient (Wildman–Crippen LogP) is 0.657. The molecule has 0 atom stereocenters. The quantitative estimate of drug-likeness (QED) is 0.579. The Bertz CT molecular complexity index is 335. The molecule has 4 nitrogen and oxygen atoms in total. The first-order valence-corrected chi connectivity index (χ1v) is 6.03. The van der Waals surface area contributed by atoms with Crippen molar-refractivity contribution in [2.75, 3.05) is 19.6 Å². The number of carbonyl (C=O) groups excluding carboxylic acids is 1. The molecule has 5 N–H and O–H groups in total. The van der Waals surface area contributed by atoms with Crippen molar-refractivity contribution < 1.29 is 4.79 Å². The minimum absolute atomic E-state index is 0.378. The van der Waals surface area contributed by atoms with Gasteiger partial charge in [0.1, 0.15) is 0 Å². The maximum atomic E-state index is 10.9. The van der Waals surface area contributed by atoms with Crippen LogP contribution in [0.1, 0.15) is 28.8 Å². The van der Waals surface area contributed by atoms with Gasteiger partial charge in [0.25, 0.3) is 0 Å². The maximum Gasteiger partial charge on any atom is 0.248 e.